The van der Waals surface area contributed by atoms with Gasteiger partial charge in [0.15, 0.2) is 0 Å². The second-order valence-electron chi connectivity index (χ2n) is 10.8. The first-order valence-corrected chi connectivity index (χ1v) is 13.6. The summed E-state index contributed by atoms with van der Waals surface area (Å²) in [5.41, 5.74) is 2.26. The standard InChI is InChI=1S/C30H41N3O4/c1-21-17-33(22(2)20-34)30(36)26-16-25(31-29(35)24-12-8-5-9-13-24)14-15-27(26)37-28(21)19-32(3)18-23-10-6-4-7-11-23/h4,6-7,10-11,14-16,21-22,24,28,34H,5,8-9,12-13,17-20H2,1-3H3,(H,31,35)/t21-,22+,28-/m0/s1. The van der Waals surface area contributed by atoms with Crippen molar-refractivity contribution < 1.29 is 19.4 Å². The van der Waals surface area contributed by atoms with Crippen LogP contribution in [0.15, 0.2) is 48.5 Å². The van der Waals surface area contributed by atoms with Gasteiger partial charge in [0.25, 0.3) is 5.91 Å². The topological polar surface area (TPSA) is 82.1 Å². The van der Waals surface area contributed by atoms with E-state index < -0.39 is 0 Å². The normalized spacial score (nSPS) is 21.5. The van der Waals surface area contributed by atoms with Crippen LogP contribution in [0.1, 0.15) is 61.9 Å². The number of nitrogens with zero attached hydrogens (tertiary/aromatic N) is 2. The lowest BCUT2D eigenvalue weighted by Crippen LogP contribution is -2.49. The van der Waals surface area contributed by atoms with Gasteiger partial charge in [-0.2, -0.15) is 0 Å². The van der Waals surface area contributed by atoms with Gasteiger partial charge in [0.05, 0.1) is 18.2 Å². The highest BCUT2D eigenvalue weighted by atomic mass is 16.5. The molecule has 200 valence electrons. The molecular weight excluding hydrogens is 466 g/mol. The van der Waals surface area contributed by atoms with Gasteiger partial charge in [0.1, 0.15) is 11.9 Å². The molecule has 1 fully saturated rings. The molecule has 0 unspecified atom stereocenters. The fourth-order valence-corrected chi connectivity index (χ4v) is 5.39. The maximum Gasteiger partial charge on any atom is 0.258 e. The summed E-state index contributed by atoms with van der Waals surface area (Å²) in [5, 5.41) is 12.9. The number of anilines is 1. The average molecular weight is 508 g/mol. The number of aliphatic hydroxyl groups excluding tert-OH is 1. The van der Waals surface area contributed by atoms with E-state index in [1.807, 2.05) is 31.2 Å². The minimum atomic E-state index is -0.330. The Morgan fingerprint density at radius 3 is 2.59 bits per heavy atom. The zero-order valence-electron chi connectivity index (χ0n) is 22.4. The Hall–Kier alpha value is -2.90. The van der Waals surface area contributed by atoms with Crippen molar-refractivity contribution in [2.75, 3.05) is 32.1 Å². The Labute approximate surface area is 220 Å². The molecule has 2 aromatic carbocycles. The number of likely N-dealkylation sites (N-methyl/N-ethyl adjacent to an activating group) is 1. The van der Waals surface area contributed by atoms with Gasteiger partial charge in [-0.1, -0.05) is 56.5 Å². The van der Waals surface area contributed by atoms with E-state index >= 15 is 0 Å². The zero-order valence-corrected chi connectivity index (χ0v) is 22.4. The molecule has 2 amide bonds. The first-order chi connectivity index (χ1) is 17.9. The maximum atomic E-state index is 13.7. The molecule has 7 heteroatoms. The molecule has 1 aliphatic carbocycles. The molecule has 0 aromatic heterocycles. The smallest absolute Gasteiger partial charge is 0.258 e. The number of amides is 2. The van der Waals surface area contributed by atoms with E-state index in [2.05, 4.69) is 36.3 Å². The molecule has 0 spiro atoms. The second kappa shape index (κ2) is 12.6. The minimum Gasteiger partial charge on any atom is -0.488 e. The summed E-state index contributed by atoms with van der Waals surface area (Å²) in [6.07, 6.45) is 5.03. The van der Waals surface area contributed by atoms with Crippen molar-refractivity contribution in [1.82, 2.24) is 9.80 Å². The van der Waals surface area contributed by atoms with Crippen LogP contribution in [0.3, 0.4) is 0 Å². The van der Waals surface area contributed by atoms with Crippen molar-refractivity contribution in [2.24, 2.45) is 11.8 Å². The largest absolute Gasteiger partial charge is 0.488 e. The number of aliphatic hydroxyl groups is 1. The van der Waals surface area contributed by atoms with Gasteiger partial charge >= 0.3 is 0 Å². The second-order valence-corrected chi connectivity index (χ2v) is 10.8. The van der Waals surface area contributed by atoms with Crippen LogP contribution in [0.25, 0.3) is 0 Å². The SMILES string of the molecule is C[C@H](CO)N1C[C@H](C)[C@H](CN(C)Cc2ccccc2)Oc2ccc(NC(=O)C3CCCCC3)cc2C1=O. The molecule has 1 heterocycles. The Morgan fingerprint density at radius 2 is 1.89 bits per heavy atom. The minimum absolute atomic E-state index is 0.0217. The molecule has 3 atom stereocenters. The summed E-state index contributed by atoms with van der Waals surface area (Å²) in [4.78, 5) is 30.5. The van der Waals surface area contributed by atoms with Crippen LogP contribution in [0.2, 0.25) is 0 Å². The monoisotopic (exact) mass is 507 g/mol. The molecule has 2 aliphatic rings. The fourth-order valence-electron chi connectivity index (χ4n) is 5.39. The number of hydrogen-bond donors (Lipinski definition) is 2. The van der Waals surface area contributed by atoms with Gasteiger partial charge in [0.2, 0.25) is 5.91 Å². The lowest BCUT2D eigenvalue weighted by atomic mass is 9.88. The molecular formula is C30H41N3O4. The highest BCUT2D eigenvalue weighted by Crippen LogP contribution is 2.32. The number of carbonyl (C=O) groups excluding carboxylic acids is 2. The van der Waals surface area contributed by atoms with Crippen molar-refractivity contribution in [3.8, 4) is 5.75 Å². The summed E-state index contributed by atoms with van der Waals surface area (Å²) in [6, 6.07) is 15.3. The summed E-state index contributed by atoms with van der Waals surface area (Å²) in [7, 11) is 2.08. The summed E-state index contributed by atoms with van der Waals surface area (Å²) in [5.74, 6) is 0.427. The quantitative estimate of drug-likeness (QED) is 0.548. The Kier molecular flexibility index (Phi) is 9.22. The maximum absolute atomic E-state index is 13.7. The van der Waals surface area contributed by atoms with Crippen molar-refractivity contribution in [3.63, 3.8) is 0 Å². The number of ether oxygens (including phenoxy) is 1. The van der Waals surface area contributed by atoms with E-state index in [1.54, 1.807) is 17.0 Å². The van der Waals surface area contributed by atoms with E-state index in [0.717, 1.165) is 32.2 Å². The van der Waals surface area contributed by atoms with Gasteiger partial charge in [0, 0.05) is 37.2 Å². The molecule has 1 saturated carbocycles. The van der Waals surface area contributed by atoms with Gasteiger partial charge in [-0.05, 0) is 50.6 Å². The van der Waals surface area contributed by atoms with Gasteiger partial charge in [-0.3, -0.25) is 14.5 Å². The van der Waals surface area contributed by atoms with E-state index in [4.69, 9.17) is 4.74 Å². The molecule has 2 N–H and O–H groups in total. The van der Waals surface area contributed by atoms with Crippen LogP contribution in [-0.2, 0) is 11.3 Å². The average Bonchev–Trinajstić information content (AvgIpc) is 2.91. The molecule has 0 radical (unpaired) electrons. The predicted molar refractivity (Wildman–Crippen MR) is 146 cm³/mol. The van der Waals surface area contributed by atoms with Crippen LogP contribution in [-0.4, -0.2) is 65.6 Å². The van der Waals surface area contributed by atoms with Gasteiger partial charge in [-0.15, -0.1) is 0 Å². The molecule has 0 saturated heterocycles. The van der Waals surface area contributed by atoms with E-state index in [1.165, 1.54) is 12.0 Å². The fraction of sp³-hybridized carbons (Fsp3) is 0.533. The van der Waals surface area contributed by atoms with Crippen LogP contribution >= 0.6 is 0 Å². The first-order valence-electron chi connectivity index (χ1n) is 13.6. The Balaban J connectivity index is 1.57. The number of benzene rings is 2. The van der Waals surface area contributed by atoms with Gasteiger partial charge in [-0.25, -0.2) is 0 Å². The summed E-state index contributed by atoms with van der Waals surface area (Å²) < 4.78 is 6.50. The van der Waals surface area contributed by atoms with E-state index in [-0.39, 0.29) is 42.4 Å². The lowest BCUT2D eigenvalue weighted by Gasteiger charge is -2.38. The van der Waals surface area contributed by atoms with Crippen LogP contribution in [0.5, 0.6) is 5.75 Å². The highest BCUT2D eigenvalue weighted by molar-refractivity contribution is 6.00. The van der Waals surface area contributed by atoms with E-state index in [0.29, 0.717) is 30.1 Å². The number of carbonyl (C=O) groups is 2. The van der Waals surface area contributed by atoms with Crippen LogP contribution in [0.4, 0.5) is 5.69 Å². The molecule has 2 aromatic rings. The predicted octanol–water partition coefficient (Wildman–Crippen LogP) is 4.56. The summed E-state index contributed by atoms with van der Waals surface area (Å²) in [6.45, 7) is 5.79. The summed E-state index contributed by atoms with van der Waals surface area (Å²) >= 11 is 0. The molecule has 37 heavy (non-hydrogen) atoms. The third-order valence-electron chi connectivity index (χ3n) is 7.70. The van der Waals surface area contributed by atoms with Crippen molar-refractivity contribution in [3.05, 3.63) is 59.7 Å². The number of nitrogens with one attached hydrogen (secondary N) is 1. The first kappa shape index (κ1) is 27.1. The van der Waals surface area contributed by atoms with E-state index in [9.17, 15) is 14.7 Å². The van der Waals surface area contributed by atoms with Crippen LogP contribution < -0.4 is 10.1 Å². The molecule has 1 aliphatic heterocycles. The van der Waals surface area contributed by atoms with Crippen molar-refractivity contribution in [2.45, 2.75) is 64.6 Å². The number of fused-ring (bicyclic) bond motifs is 1. The lowest BCUT2D eigenvalue weighted by molar-refractivity contribution is -0.120. The zero-order chi connectivity index (χ0) is 26.4. The highest BCUT2D eigenvalue weighted by Gasteiger charge is 2.33. The third kappa shape index (κ3) is 6.90. The Bertz CT molecular complexity index is 1050. The van der Waals surface area contributed by atoms with Crippen LogP contribution in [0, 0.1) is 11.8 Å². The Morgan fingerprint density at radius 1 is 1.16 bits per heavy atom. The van der Waals surface area contributed by atoms with Gasteiger partial charge < -0.3 is 20.1 Å². The van der Waals surface area contributed by atoms with Crippen molar-refractivity contribution in [1.29, 1.82) is 0 Å². The molecule has 0 bridgehead atoms. The third-order valence-corrected chi connectivity index (χ3v) is 7.70. The number of hydrogen-bond acceptors (Lipinski definition) is 5. The molecule has 7 nitrogen and oxygen atoms in total. The number of rotatable bonds is 8. The van der Waals surface area contributed by atoms with Crippen molar-refractivity contribution >= 4 is 17.5 Å². The molecule has 4 rings (SSSR count).